The summed E-state index contributed by atoms with van der Waals surface area (Å²) in [6, 6.07) is 2.69. The van der Waals surface area contributed by atoms with Gasteiger partial charge in [0.2, 0.25) is 15.9 Å². The van der Waals surface area contributed by atoms with Crippen molar-refractivity contribution in [2.24, 2.45) is 11.7 Å². The van der Waals surface area contributed by atoms with Gasteiger partial charge in [-0.1, -0.05) is 0 Å². The Morgan fingerprint density at radius 2 is 1.96 bits per heavy atom. The molecule has 0 aliphatic carbocycles. The molecule has 25 heavy (non-hydrogen) atoms. The summed E-state index contributed by atoms with van der Waals surface area (Å²) in [5.74, 6) is -0.957. The van der Waals surface area contributed by atoms with E-state index in [1.165, 1.54) is 16.4 Å². The van der Waals surface area contributed by atoms with Crippen LogP contribution in [0.2, 0.25) is 0 Å². The van der Waals surface area contributed by atoms with Crippen LogP contribution in [-0.4, -0.2) is 44.8 Å². The molecule has 0 spiro atoms. The molecule has 1 saturated heterocycles. The average Bonchev–Trinajstić information content (AvgIpc) is 2.57. The van der Waals surface area contributed by atoms with E-state index in [0.717, 1.165) is 0 Å². The van der Waals surface area contributed by atoms with Gasteiger partial charge in [-0.05, 0) is 49.9 Å². The van der Waals surface area contributed by atoms with Crippen LogP contribution in [0.15, 0.2) is 17.0 Å². The molecule has 1 aromatic rings. The molecule has 1 aliphatic heterocycles. The maximum atomic E-state index is 13.8. The second-order valence-electron chi connectivity index (χ2n) is 6.15. The first kappa shape index (κ1) is 21.8. The molecule has 9 heteroatoms. The molecule has 1 amide bonds. The number of halogens is 2. The second kappa shape index (κ2) is 8.93. The molecule has 1 unspecified atom stereocenters. The van der Waals surface area contributed by atoms with Crippen LogP contribution in [0, 0.1) is 25.6 Å². The van der Waals surface area contributed by atoms with Crippen molar-refractivity contribution >= 4 is 28.3 Å². The summed E-state index contributed by atoms with van der Waals surface area (Å²) in [7, 11) is -3.75. The quantitative estimate of drug-likeness (QED) is 0.789. The predicted octanol–water partition coefficient (Wildman–Crippen LogP) is 1.34. The molecular weight excluding hydrogens is 369 g/mol. The zero-order valence-electron chi connectivity index (χ0n) is 14.4. The van der Waals surface area contributed by atoms with Gasteiger partial charge in [0, 0.05) is 26.2 Å². The minimum atomic E-state index is -3.75. The van der Waals surface area contributed by atoms with Gasteiger partial charge in [-0.25, -0.2) is 12.8 Å². The summed E-state index contributed by atoms with van der Waals surface area (Å²) >= 11 is 0. The summed E-state index contributed by atoms with van der Waals surface area (Å²) in [6.45, 7) is 4.29. The van der Waals surface area contributed by atoms with Crippen LogP contribution < -0.4 is 11.1 Å². The molecule has 2 rings (SSSR count). The topological polar surface area (TPSA) is 92.5 Å². The minimum absolute atomic E-state index is 0. The number of sulfonamides is 1. The van der Waals surface area contributed by atoms with Crippen molar-refractivity contribution in [3.05, 3.63) is 29.1 Å². The zero-order chi connectivity index (χ0) is 17.9. The van der Waals surface area contributed by atoms with Crippen molar-refractivity contribution in [1.82, 2.24) is 9.62 Å². The monoisotopic (exact) mass is 393 g/mol. The van der Waals surface area contributed by atoms with Crippen LogP contribution in [0.3, 0.4) is 0 Å². The zero-order valence-corrected chi connectivity index (χ0v) is 16.1. The number of aryl methyl sites for hydroxylation is 2. The molecule has 1 atom stereocenters. The standard InChI is InChI=1S/C16H24FN3O3S.ClH/c1-11-8-14(9-12(2)15(11)17)24(22,23)20-7-3-4-13(10-20)16(21)19-6-5-18;/h8-9,13H,3-7,10,18H2,1-2H3,(H,19,21);1H. The van der Waals surface area contributed by atoms with Crippen molar-refractivity contribution in [2.75, 3.05) is 26.2 Å². The van der Waals surface area contributed by atoms with Gasteiger partial charge >= 0.3 is 0 Å². The molecule has 1 heterocycles. The summed E-state index contributed by atoms with van der Waals surface area (Å²) in [4.78, 5) is 12.2. The summed E-state index contributed by atoms with van der Waals surface area (Å²) in [6.07, 6.45) is 1.25. The van der Waals surface area contributed by atoms with Gasteiger partial charge in [-0.15, -0.1) is 12.4 Å². The fourth-order valence-electron chi connectivity index (χ4n) is 2.92. The Kier molecular flexibility index (Phi) is 7.80. The Morgan fingerprint density at radius 3 is 2.52 bits per heavy atom. The normalized spacial score (nSPS) is 18.5. The van der Waals surface area contributed by atoms with Gasteiger partial charge in [0.05, 0.1) is 10.8 Å². The first-order valence-corrected chi connectivity index (χ1v) is 9.46. The van der Waals surface area contributed by atoms with E-state index >= 15 is 0 Å². The van der Waals surface area contributed by atoms with E-state index in [1.54, 1.807) is 13.8 Å². The van der Waals surface area contributed by atoms with E-state index in [0.29, 0.717) is 43.6 Å². The molecule has 0 radical (unpaired) electrons. The van der Waals surface area contributed by atoms with E-state index in [1.807, 2.05) is 0 Å². The fourth-order valence-corrected chi connectivity index (χ4v) is 4.61. The van der Waals surface area contributed by atoms with Crippen molar-refractivity contribution in [3.8, 4) is 0 Å². The molecule has 142 valence electrons. The van der Waals surface area contributed by atoms with Crippen molar-refractivity contribution in [1.29, 1.82) is 0 Å². The molecular formula is C16H25ClFN3O3S. The summed E-state index contributed by atoms with van der Waals surface area (Å²) in [5.41, 5.74) is 5.96. The van der Waals surface area contributed by atoms with Gasteiger partial charge in [0.1, 0.15) is 5.82 Å². The van der Waals surface area contributed by atoms with Crippen molar-refractivity contribution < 1.29 is 17.6 Å². The highest BCUT2D eigenvalue weighted by Gasteiger charge is 2.33. The molecule has 1 aliphatic rings. The molecule has 0 aromatic heterocycles. The highest BCUT2D eigenvalue weighted by Crippen LogP contribution is 2.26. The van der Waals surface area contributed by atoms with Gasteiger partial charge in [-0.3, -0.25) is 4.79 Å². The Morgan fingerprint density at radius 1 is 1.36 bits per heavy atom. The molecule has 0 saturated carbocycles. The number of carbonyl (C=O) groups is 1. The van der Waals surface area contributed by atoms with Crippen LogP contribution in [0.4, 0.5) is 4.39 Å². The highest BCUT2D eigenvalue weighted by atomic mass is 35.5. The van der Waals surface area contributed by atoms with Gasteiger partial charge in [0.25, 0.3) is 0 Å². The minimum Gasteiger partial charge on any atom is -0.355 e. The predicted molar refractivity (Wildman–Crippen MR) is 96.7 cm³/mol. The number of hydrogen-bond donors (Lipinski definition) is 2. The lowest BCUT2D eigenvalue weighted by Crippen LogP contribution is -2.46. The Balaban J connectivity index is 0.00000312. The number of nitrogens with zero attached hydrogens (tertiary/aromatic N) is 1. The largest absolute Gasteiger partial charge is 0.355 e. The third-order valence-electron chi connectivity index (χ3n) is 4.25. The number of piperidine rings is 1. The number of amides is 1. The smallest absolute Gasteiger partial charge is 0.243 e. The lowest BCUT2D eigenvalue weighted by atomic mass is 9.99. The number of hydrogen-bond acceptors (Lipinski definition) is 4. The Hall–Kier alpha value is -1.22. The fraction of sp³-hybridized carbons (Fsp3) is 0.562. The second-order valence-corrected chi connectivity index (χ2v) is 8.09. The Labute approximate surface area is 154 Å². The van der Waals surface area contributed by atoms with E-state index in [9.17, 15) is 17.6 Å². The van der Waals surface area contributed by atoms with Crippen LogP contribution >= 0.6 is 12.4 Å². The van der Waals surface area contributed by atoms with E-state index in [-0.39, 0.29) is 35.7 Å². The molecule has 3 N–H and O–H groups in total. The van der Waals surface area contributed by atoms with Gasteiger partial charge < -0.3 is 11.1 Å². The van der Waals surface area contributed by atoms with Gasteiger partial charge in [0.15, 0.2) is 0 Å². The maximum absolute atomic E-state index is 13.8. The van der Waals surface area contributed by atoms with Crippen molar-refractivity contribution in [2.45, 2.75) is 31.6 Å². The number of carbonyl (C=O) groups excluding carboxylic acids is 1. The number of rotatable bonds is 5. The van der Waals surface area contributed by atoms with Crippen LogP contribution in [0.25, 0.3) is 0 Å². The maximum Gasteiger partial charge on any atom is 0.243 e. The third kappa shape index (κ3) is 4.91. The van der Waals surface area contributed by atoms with Crippen LogP contribution in [-0.2, 0) is 14.8 Å². The van der Waals surface area contributed by atoms with E-state index in [2.05, 4.69) is 5.32 Å². The summed E-state index contributed by atoms with van der Waals surface area (Å²) in [5, 5.41) is 2.70. The average molecular weight is 394 g/mol. The molecule has 6 nitrogen and oxygen atoms in total. The SMILES string of the molecule is Cc1cc(S(=O)(=O)N2CCCC(C(=O)NCCN)C2)cc(C)c1F.Cl. The van der Waals surface area contributed by atoms with E-state index in [4.69, 9.17) is 5.73 Å². The molecule has 1 aromatic carbocycles. The Bertz CT molecular complexity index is 704. The third-order valence-corrected chi connectivity index (χ3v) is 6.09. The first-order valence-electron chi connectivity index (χ1n) is 8.02. The van der Waals surface area contributed by atoms with Gasteiger partial charge in [-0.2, -0.15) is 4.31 Å². The first-order chi connectivity index (χ1) is 11.3. The number of nitrogens with one attached hydrogen (secondary N) is 1. The molecule has 1 fully saturated rings. The van der Waals surface area contributed by atoms with E-state index < -0.39 is 15.8 Å². The van der Waals surface area contributed by atoms with Crippen molar-refractivity contribution in [3.63, 3.8) is 0 Å². The number of nitrogens with two attached hydrogens (primary N) is 1. The highest BCUT2D eigenvalue weighted by molar-refractivity contribution is 7.89. The van der Waals surface area contributed by atoms with Crippen LogP contribution in [0.5, 0.6) is 0 Å². The van der Waals surface area contributed by atoms with Crippen LogP contribution in [0.1, 0.15) is 24.0 Å². The molecule has 0 bridgehead atoms. The summed E-state index contributed by atoms with van der Waals surface area (Å²) < 4.78 is 40.7. The lowest BCUT2D eigenvalue weighted by Gasteiger charge is -2.31. The number of benzene rings is 1. The lowest BCUT2D eigenvalue weighted by molar-refractivity contribution is -0.126.